The lowest BCUT2D eigenvalue weighted by Crippen LogP contribution is -2.23. The highest BCUT2D eigenvalue weighted by atomic mass is 32.2. The number of Topliss-reactive ketones (excluding diaryl/α,β-unsaturated/α-hetero) is 1. The van der Waals surface area contributed by atoms with Gasteiger partial charge in [0.05, 0.1) is 5.60 Å². The number of rotatable bonds is 6. The number of ketones is 1. The molecule has 0 amide bonds. The van der Waals surface area contributed by atoms with Crippen LogP contribution < -0.4 is 0 Å². The molecule has 3 heteroatoms. The molecule has 0 bridgehead atoms. The average Bonchev–Trinajstić information content (AvgIpc) is 2.36. The summed E-state index contributed by atoms with van der Waals surface area (Å²) in [5, 5.41) is 0. The fourth-order valence-corrected chi connectivity index (χ4v) is 1.85. The van der Waals surface area contributed by atoms with Crippen molar-refractivity contribution < 1.29 is 9.53 Å². The molecule has 1 rings (SSSR count). The van der Waals surface area contributed by atoms with Crippen LogP contribution in [0.5, 0.6) is 0 Å². The summed E-state index contributed by atoms with van der Waals surface area (Å²) >= 11 is 1.68. The van der Waals surface area contributed by atoms with Gasteiger partial charge < -0.3 is 4.74 Å². The lowest BCUT2D eigenvalue weighted by atomic mass is 9.98. The Hall–Kier alpha value is -0.800. The Bertz CT molecular complexity index is 368. The Morgan fingerprint density at radius 2 is 1.88 bits per heavy atom. The molecule has 0 heterocycles. The van der Waals surface area contributed by atoms with E-state index in [-0.39, 0.29) is 11.4 Å². The van der Waals surface area contributed by atoms with Crippen LogP contribution in [0.2, 0.25) is 0 Å². The normalized spacial score (nSPS) is 11.5. The first-order valence-electron chi connectivity index (χ1n) is 5.71. The topological polar surface area (TPSA) is 26.3 Å². The fourth-order valence-electron chi connectivity index (χ4n) is 1.44. The van der Waals surface area contributed by atoms with Crippen LogP contribution in [0.4, 0.5) is 0 Å². The van der Waals surface area contributed by atoms with Gasteiger partial charge in [0.25, 0.3) is 0 Å². The van der Waals surface area contributed by atoms with Crippen LogP contribution in [0.15, 0.2) is 29.2 Å². The molecular weight excluding hydrogens is 232 g/mol. The van der Waals surface area contributed by atoms with Gasteiger partial charge in [-0.25, -0.2) is 0 Å². The molecule has 0 aliphatic carbocycles. The summed E-state index contributed by atoms with van der Waals surface area (Å²) in [6.45, 7) is 3.99. The summed E-state index contributed by atoms with van der Waals surface area (Å²) in [6.07, 6.45) is 3.30. The fraction of sp³-hybridized carbons (Fsp3) is 0.500. The number of benzene rings is 1. The molecule has 0 N–H and O–H groups in total. The van der Waals surface area contributed by atoms with Gasteiger partial charge in [-0.05, 0) is 38.7 Å². The van der Waals surface area contributed by atoms with Gasteiger partial charge in [-0.3, -0.25) is 4.79 Å². The van der Waals surface area contributed by atoms with Gasteiger partial charge in [-0.15, -0.1) is 11.8 Å². The van der Waals surface area contributed by atoms with Crippen molar-refractivity contribution in [1.29, 1.82) is 0 Å². The minimum atomic E-state index is -0.227. The van der Waals surface area contributed by atoms with Crippen molar-refractivity contribution in [3.8, 4) is 0 Å². The van der Waals surface area contributed by atoms with Gasteiger partial charge in [0, 0.05) is 24.0 Å². The predicted octanol–water partition coefficient (Wildman–Crippen LogP) is 3.80. The number of carbonyl (C=O) groups is 1. The lowest BCUT2D eigenvalue weighted by molar-refractivity contribution is 0.0141. The maximum Gasteiger partial charge on any atom is 0.162 e. The molecule has 0 saturated heterocycles. The van der Waals surface area contributed by atoms with E-state index in [1.165, 1.54) is 4.90 Å². The molecule has 0 unspecified atom stereocenters. The minimum absolute atomic E-state index is 0.183. The molecule has 0 aliphatic rings. The zero-order valence-corrected chi connectivity index (χ0v) is 11.8. The first kappa shape index (κ1) is 14.3. The molecule has 17 heavy (non-hydrogen) atoms. The van der Waals surface area contributed by atoms with Crippen LogP contribution in [0.1, 0.15) is 37.0 Å². The predicted molar refractivity (Wildman–Crippen MR) is 72.9 cm³/mol. The third kappa shape index (κ3) is 4.52. The number of carbonyl (C=O) groups excluding carboxylic acids is 1. The van der Waals surface area contributed by atoms with Gasteiger partial charge in [0.2, 0.25) is 0 Å². The van der Waals surface area contributed by atoms with Gasteiger partial charge in [-0.1, -0.05) is 12.1 Å². The average molecular weight is 252 g/mol. The Balaban J connectivity index is 2.58. The minimum Gasteiger partial charge on any atom is -0.379 e. The number of ether oxygens (including phenoxy) is 1. The van der Waals surface area contributed by atoms with E-state index in [9.17, 15) is 4.79 Å². The second-order valence-corrected chi connectivity index (χ2v) is 5.50. The van der Waals surface area contributed by atoms with E-state index in [0.29, 0.717) is 6.42 Å². The van der Waals surface area contributed by atoms with Crippen LogP contribution in [0, 0.1) is 0 Å². The van der Waals surface area contributed by atoms with E-state index in [2.05, 4.69) is 0 Å². The second kappa shape index (κ2) is 6.22. The largest absolute Gasteiger partial charge is 0.379 e. The molecular formula is C14H20O2S. The Morgan fingerprint density at radius 3 is 2.35 bits per heavy atom. The quantitative estimate of drug-likeness (QED) is 0.569. The summed E-state index contributed by atoms with van der Waals surface area (Å²) in [5.41, 5.74) is 0.559. The Kier molecular flexibility index (Phi) is 5.22. The van der Waals surface area contributed by atoms with Gasteiger partial charge in [0.1, 0.15) is 0 Å². The summed E-state index contributed by atoms with van der Waals surface area (Å²) in [5.74, 6) is 0.183. The molecule has 0 saturated carbocycles. The van der Waals surface area contributed by atoms with Crippen molar-refractivity contribution in [2.24, 2.45) is 0 Å². The number of hydrogen-bond donors (Lipinski definition) is 0. The summed E-state index contributed by atoms with van der Waals surface area (Å²) in [6, 6.07) is 7.76. The molecule has 1 aromatic carbocycles. The van der Waals surface area contributed by atoms with E-state index < -0.39 is 0 Å². The molecule has 0 radical (unpaired) electrons. The molecule has 0 aliphatic heterocycles. The smallest absolute Gasteiger partial charge is 0.162 e. The van der Waals surface area contributed by atoms with E-state index in [1.54, 1.807) is 18.9 Å². The van der Waals surface area contributed by atoms with Crippen LogP contribution in [0.3, 0.4) is 0 Å². The molecule has 2 nitrogen and oxygen atoms in total. The first-order valence-corrected chi connectivity index (χ1v) is 6.93. The zero-order chi connectivity index (χ0) is 12.9. The number of thioether (sulfide) groups is 1. The molecule has 0 atom stereocenters. The van der Waals surface area contributed by atoms with Gasteiger partial charge in [0.15, 0.2) is 5.78 Å². The summed E-state index contributed by atoms with van der Waals surface area (Å²) in [4.78, 5) is 13.1. The van der Waals surface area contributed by atoms with Gasteiger partial charge in [-0.2, -0.15) is 0 Å². The Labute approximate surface area is 108 Å². The highest BCUT2D eigenvalue weighted by Crippen LogP contribution is 2.19. The van der Waals surface area contributed by atoms with E-state index in [0.717, 1.165) is 12.0 Å². The van der Waals surface area contributed by atoms with Crippen molar-refractivity contribution in [1.82, 2.24) is 0 Å². The Morgan fingerprint density at radius 1 is 1.29 bits per heavy atom. The van der Waals surface area contributed by atoms with Crippen molar-refractivity contribution in [2.45, 2.75) is 37.2 Å². The molecule has 0 aromatic heterocycles. The first-order chi connectivity index (χ1) is 7.98. The van der Waals surface area contributed by atoms with Crippen molar-refractivity contribution in [2.75, 3.05) is 13.4 Å². The van der Waals surface area contributed by atoms with E-state index in [4.69, 9.17) is 4.74 Å². The lowest BCUT2D eigenvalue weighted by Gasteiger charge is -2.22. The van der Waals surface area contributed by atoms with Crippen molar-refractivity contribution in [3.05, 3.63) is 29.8 Å². The third-order valence-corrected chi connectivity index (χ3v) is 3.66. The number of methoxy groups -OCH3 is 1. The SMILES string of the molecule is COC(C)(C)CCC(=O)c1ccc(SC)cc1. The highest BCUT2D eigenvalue weighted by molar-refractivity contribution is 7.98. The number of hydrogen-bond acceptors (Lipinski definition) is 3. The maximum absolute atomic E-state index is 11.9. The van der Waals surface area contributed by atoms with Crippen LogP contribution in [-0.2, 0) is 4.74 Å². The van der Waals surface area contributed by atoms with Crippen LogP contribution in [-0.4, -0.2) is 24.7 Å². The maximum atomic E-state index is 11.9. The van der Waals surface area contributed by atoms with Gasteiger partial charge >= 0.3 is 0 Å². The summed E-state index contributed by atoms with van der Waals surface area (Å²) in [7, 11) is 1.68. The zero-order valence-electron chi connectivity index (χ0n) is 10.9. The van der Waals surface area contributed by atoms with E-state index in [1.807, 2.05) is 44.4 Å². The monoisotopic (exact) mass is 252 g/mol. The van der Waals surface area contributed by atoms with Crippen molar-refractivity contribution >= 4 is 17.5 Å². The second-order valence-electron chi connectivity index (χ2n) is 4.62. The van der Waals surface area contributed by atoms with Crippen molar-refractivity contribution in [3.63, 3.8) is 0 Å². The standard InChI is InChI=1S/C14H20O2S/c1-14(2,16-3)10-9-13(15)11-5-7-12(17-4)8-6-11/h5-8H,9-10H2,1-4H3. The van der Waals surface area contributed by atoms with Crippen LogP contribution >= 0.6 is 11.8 Å². The molecule has 0 spiro atoms. The molecule has 0 fully saturated rings. The van der Waals surface area contributed by atoms with E-state index >= 15 is 0 Å². The van der Waals surface area contributed by atoms with Crippen LogP contribution in [0.25, 0.3) is 0 Å². The third-order valence-electron chi connectivity index (χ3n) is 2.92. The molecule has 1 aromatic rings. The molecule has 94 valence electrons. The summed E-state index contributed by atoms with van der Waals surface area (Å²) < 4.78 is 5.30. The highest BCUT2D eigenvalue weighted by Gasteiger charge is 2.18.